The molecule has 4 aromatic rings. The van der Waals surface area contributed by atoms with Crippen molar-refractivity contribution in [3.63, 3.8) is 0 Å². The number of anilines is 2. The van der Waals surface area contributed by atoms with Gasteiger partial charge >= 0.3 is 13.9 Å². The minimum absolute atomic E-state index is 0.0333. The van der Waals surface area contributed by atoms with Gasteiger partial charge in [-0.2, -0.15) is 9.67 Å². The number of aliphatic hydroxyl groups excluding tert-OH is 1. The lowest BCUT2D eigenvalue weighted by molar-refractivity contribution is -0.0560. The number of rotatable bonds is 10. The molecule has 7 N–H and O–H groups in total. The van der Waals surface area contributed by atoms with Crippen LogP contribution < -0.4 is 17.0 Å². The molecule has 0 amide bonds. The number of fused-ring (bicyclic) bond motifs is 2. The zero-order valence-corrected chi connectivity index (χ0v) is 25.6. The summed E-state index contributed by atoms with van der Waals surface area (Å²) in [6.07, 6.45) is -6.32. The van der Waals surface area contributed by atoms with E-state index in [-0.39, 0.29) is 40.4 Å². The molecule has 6 heterocycles. The second kappa shape index (κ2) is 12.2. The highest BCUT2D eigenvalue weighted by Crippen LogP contribution is 2.51. The maximum atomic E-state index is 15.7. The van der Waals surface area contributed by atoms with Crippen LogP contribution in [0.15, 0.2) is 23.4 Å². The maximum Gasteiger partial charge on any atom is 0.582 e. The Balaban J connectivity index is 1.20. The zero-order chi connectivity index (χ0) is 31.3. The number of aromatic amines is 1. The number of pyridine rings is 1. The third kappa shape index (κ3) is 5.95. The SMILES string of the molecule is Nc1nc2c(ncn2[C@@H]2O[C@H](CO)CC2OP(O)(=S)OC[C@H]2O[C@@H](n3nnc4c(N)ccnc43)C(F)[C@H]2O[P+](=O)S)c(=O)[nH]1. The van der Waals surface area contributed by atoms with E-state index in [0.717, 1.165) is 4.68 Å². The standard InChI is InChI=1S/C20H23FN10O9P2S2/c21-11-14(39-41(34)43)10(38-19(11)31-15-12(28-29-31)8(22)1-2-24-15)5-36-42(35,44)40-9-3-7(4-32)37-18(9)30-6-25-13-16(30)26-20(23)27-17(13)33/h1-2,6-7,9-11,14,18-19,32H,3-5H2,(H6-,22,23,24,26,27,29,33,34,35,43,44)/p+1/t7-,9?,10+,11?,14-,18+,19+,42?/m0/s1. The molecule has 24 heteroatoms. The molecular formula is C20H24FN10O9P2S2+. The van der Waals surface area contributed by atoms with Gasteiger partial charge in [0.2, 0.25) is 5.95 Å². The van der Waals surface area contributed by atoms with E-state index >= 15 is 4.39 Å². The van der Waals surface area contributed by atoms with Crippen molar-refractivity contribution in [1.29, 1.82) is 0 Å². The van der Waals surface area contributed by atoms with Gasteiger partial charge in [-0.05, 0) is 22.4 Å². The first-order valence-electron chi connectivity index (χ1n) is 12.7. The molecule has 0 saturated carbocycles. The Labute approximate surface area is 256 Å². The van der Waals surface area contributed by atoms with Crippen molar-refractivity contribution in [2.45, 2.75) is 49.5 Å². The largest absolute Gasteiger partial charge is 0.582 e. The Kier molecular flexibility index (Phi) is 8.67. The van der Waals surface area contributed by atoms with Crippen molar-refractivity contribution >= 4 is 72.0 Å². The number of nitrogens with two attached hydrogens (primary N) is 2. The first-order chi connectivity index (χ1) is 21.0. The molecule has 2 aliphatic rings. The second-order valence-corrected chi connectivity index (χ2v) is 14.1. The predicted molar refractivity (Wildman–Crippen MR) is 156 cm³/mol. The second-order valence-electron chi connectivity index (χ2n) is 9.67. The minimum atomic E-state index is -4.14. The number of hydrogen-bond donors (Lipinski definition) is 6. The molecule has 0 aromatic carbocycles. The number of halogens is 1. The third-order valence-corrected chi connectivity index (χ3v) is 9.15. The summed E-state index contributed by atoms with van der Waals surface area (Å²) in [4.78, 5) is 37.8. The number of imidazole rings is 1. The molecule has 236 valence electrons. The van der Waals surface area contributed by atoms with E-state index in [1.165, 1.54) is 23.2 Å². The average Bonchev–Trinajstić information content (AvgIpc) is 3.73. The lowest BCUT2D eigenvalue weighted by Crippen LogP contribution is -2.33. The molecule has 0 aliphatic carbocycles. The molecule has 9 atom stereocenters. The Morgan fingerprint density at radius 1 is 1.27 bits per heavy atom. The molecule has 4 unspecified atom stereocenters. The van der Waals surface area contributed by atoms with Crippen LogP contribution in [0.4, 0.5) is 16.0 Å². The van der Waals surface area contributed by atoms with Crippen LogP contribution in [0.1, 0.15) is 18.9 Å². The monoisotopic (exact) mass is 693 g/mol. The lowest BCUT2D eigenvalue weighted by Gasteiger charge is -2.25. The molecule has 0 spiro atoms. The first-order valence-corrected chi connectivity index (χ1v) is 17.6. The highest BCUT2D eigenvalue weighted by Gasteiger charge is 2.52. The van der Waals surface area contributed by atoms with Crippen LogP contribution in [0.25, 0.3) is 22.3 Å². The summed E-state index contributed by atoms with van der Waals surface area (Å²) < 4.78 is 58.0. The summed E-state index contributed by atoms with van der Waals surface area (Å²) in [7, 11) is -2.60. The number of hydrogen-bond acceptors (Lipinski definition) is 16. The molecule has 4 aromatic heterocycles. The Morgan fingerprint density at radius 3 is 2.82 bits per heavy atom. The van der Waals surface area contributed by atoms with Crippen LogP contribution in [0.2, 0.25) is 0 Å². The van der Waals surface area contributed by atoms with Crippen molar-refractivity contribution in [3.8, 4) is 0 Å². The van der Waals surface area contributed by atoms with E-state index in [9.17, 15) is 19.4 Å². The molecule has 0 radical (unpaired) electrons. The summed E-state index contributed by atoms with van der Waals surface area (Å²) in [6.45, 7) is -5.12. The summed E-state index contributed by atoms with van der Waals surface area (Å²) in [5.74, 6) is -0.173. The van der Waals surface area contributed by atoms with Gasteiger partial charge in [-0.25, -0.2) is 14.4 Å². The number of nitrogens with one attached hydrogen (secondary N) is 1. The number of nitrogen functional groups attached to an aromatic ring is 2. The molecular weight excluding hydrogens is 669 g/mol. The fraction of sp³-hybridized carbons (Fsp3) is 0.500. The third-order valence-electron chi connectivity index (χ3n) is 6.86. The fourth-order valence-electron chi connectivity index (χ4n) is 4.96. The van der Waals surface area contributed by atoms with E-state index in [1.807, 2.05) is 0 Å². The van der Waals surface area contributed by atoms with Gasteiger partial charge in [0.1, 0.15) is 24.5 Å². The molecule has 2 aliphatic heterocycles. The quantitative estimate of drug-likeness (QED) is 0.0959. The topological polar surface area (TPSA) is 263 Å². The van der Waals surface area contributed by atoms with Gasteiger partial charge in [-0.3, -0.25) is 14.3 Å². The van der Waals surface area contributed by atoms with Gasteiger partial charge in [0, 0.05) is 12.6 Å². The van der Waals surface area contributed by atoms with Crippen LogP contribution >= 0.6 is 26.2 Å². The van der Waals surface area contributed by atoms with Gasteiger partial charge in [0.15, 0.2) is 47.1 Å². The van der Waals surface area contributed by atoms with Crippen molar-refractivity contribution in [2.75, 3.05) is 24.7 Å². The van der Waals surface area contributed by atoms with E-state index in [2.05, 4.69) is 42.5 Å². The van der Waals surface area contributed by atoms with Gasteiger partial charge in [0.25, 0.3) is 5.56 Å². The van der Waals surface area contributed by atoms with Crippen LogP contribution in [-0.4, -0.2) is 93.3 Å². The molecule has 0 bridgehead atoms. The minimum Gasteiger partial charge on any atom is -0.397 e. The number of thiol groups is 1. The van der Waals surface area contributed by atoms with Crippen molar-refractivity contribution in [1.82, 2.24) is 39.5 Å². The van der Waals surface area contributed by atoms with Crippen LogP contribution in [-0.2, 0) is 39.4 Å². The van der Waals surface area contributed by atoms with Crippen LogP contribution in [0, 0.1) is 0 Å². The van der Waals surface area contributed by atoms with Crippen LogP contribution in [0.3, 0.4) is 0 Å². The van der Waals surface area contributed by atoms with Crippen molar-refractivity contribution in [2.24, 2.45) is 0 Å². The Bertz CT molecular complexity index is 1830. The number of H-pyrrole nitrogens is 1. The van der Waals surface area contributed by atoms with Crippen molar-refractivity contribution in [3.05, 3.63) is 28.9 Å². The summed E-state index contributed by atoms with van der Waals surface area (Å²) in [6, 6.07) is 1.50. The number of nitrogens with zero attached hydrogens (tertiary/aromatic N) is 7. The van der Waals surface area contributed by atoms with Gasteiger partial charge in [-0.15, -0.1) is 9.62 Å². The predicted octanol–water partition coefficient (Wildman–Crippen LogP) is 0.230. The molecule has 44 heavy (non-hydrogen) atoms. The van der Waals surface area contributed by atoms with E-state index in [4.69, 9.17) is 46.3 Å². The number of alkyl halides is 1. The average molecular weight is 694 g/mol. The number of aromatic nitrogens is 8. The molecule has 2 fully saturated rings. The lowest BCUT2D eigenvalue weighted by atomic mass is 10.1. The van der Waals surface area contributed by atoms with Crippen LogP contribution in [0.5, 0.6) is 0 Å². The number of ether oxygens (including phenoxy) is 2. The summed E-state index contributed by atoms with van der Waals surface area (Å²) in [5, 5.41) is 17.5. The van der Waals surface area contributed by atoms with E-state index < -0.39 is 75.8 Å². The van der Waals surface area contributed by atoms with Gasteiger partial charge in [-0.1, -0.05) is 5.21 Å². The van der Waals surface area contributed by atoms with Gasteiger partial charge in [0.05, 0.1) is 31.3 Å². The summed E-state index contributed by atoms with van der Waals surface area (Å²) >= 11 is 8.95. The van der Waals surface area contributed by atoms with E-state index in [1.54, 1.807) is 0 Å². The highest BCUT2D eigenvalue weighted by atomic mass is 32.7. The van der Waals surface area contributed by atoms with E-state index in [0.29, 0.717) is 0 Å². The molecule has 6 rings (SSSR count). The highest BCUT2D eigenvalue weighted by molar-refractivity contribution is 8.39. The van der Waals surface area contributed by atoms with Crippen molar-refractivity contribution < 1.29 is 42.0 Å². The molecule has 19 nitrogen and oxygen atoms in total. The van der Waals surface area contributed by atoms with Gasteiger partial charge < -0.3 is 40.0 Å². The normalized spacial score (nSPS) is 29.0. The summed E-state index contributed by atoms with van der Waals surface area (Å²) in [5.41, 5.74) is 11.6. The molecule has 2 saturated heterocycles. The first kappa shape index (κ1) is 31.2. The Hall–Kier alpha value is -2.75. The Morgan fingerprint density at radius 2 is 2.07 bits per heavy atom. The zero-order valence-electron chi connectivity index (χ0n) is 22.1. The maximum absolute atomic E-state index is 15.7. The number of aliphatic hydroxyl groups is 1. The smallest absolute Gasteiger partial charge is 0.397 e. The fourth-order valence-corrected chi connectivity index (χ4v) is 7.19.